The molecule has 0 spiro atoms. The number of hydrogen-bond acceptors (Lipinski definition) is 3. The number of aromatic nitrogens is 1. The molecule has 0 aliphatic carbocycles. The van der Waals surface area contributed by atoms with E-state index >= 15 is 0 Å². The van der Waals surface area contributed by atoms with E-state index in [1.807, 2.05) is 12.1 Å². The van der Waals surface area contributed by atoms with Gasteiger partial charge in [0.1, 0.15) is 0 Å². The highest BCUT2D eigenvalue weighted by Gasteiger charge is 2.08. The molecule has 0 aliphatic heterocycles. The molecule has 0 aliphatic rings. The number of carbonyl (C=O) groups is 1. The summed E-state index contributed by atoms with van der Waals surface area (Å²) in [6.07, 6.45) is 4.29. The predicted molar refractivity (Wildman–Crippen MR) is 95.2 cm³/mol. The maximum Gasteiger partial charge on any atom is 0.252 e. The summed E-state index contributed by atoms with van der Waals surface area (Å²) in [5.41, 5.74) is 4.80. The van der Waals surface area contributed by atoms with Gasteiger partial charge in [-0.05, 0) is 43.9 Å². The van der Waals surface area contributed by atoms with Crippen molar-refractivity contribution in [1.29, 1.82) is 0 Å². The van der Waals surface area contributed by atoms with Gasteiger partial charge in [0.15, 0.2) is 0 Å². The predicted octanol–water partition coefficient (Wildman–Crippen LogP) is 4.22. The molecule has 1 heterocycles. The summed E-state index contributed by atoms with van der Waals surface area (Å²) >= 11 is 0. The number of anilines is 2. The first kappa shape index (κ1) is 17.0. The standard InChI is InChI=1S/C19H25N3O/c1-13(2)7-8-21-19(23)16-10-17(12-20-11-16)22-18-6-5-14(3)9-15(18)4/h5-6,9-13,22H,7-8H2,1-4H3,(H,21,23). The van der Waals surface area contributed by atoms with Gasteiger partial charge in [0.2, 0.25) is 0 Å². The zero-order valence-corrected chi connectivity index (χ0v) is 14.3. The third kappa shape index (κ3) is 5.09. The van der Waals surface area contributed by atoms with Crippen LogP contribution in [0.5, 0.6) is 0 Å². The van der Waals surface area contributed by atoms with Crippen molar-refractivity contribution < 1.29 is 4.79 Å². The molecule has 1 aromatic heterocycles. The van der Waals surface area contributed by atoms with E-state index in [9.17, 15) is 4.79 Å². The topological polar surface area (TPSA) is 54.0 Å². The van der Waals surface area contributed by atoms with Crippen LogP contribution < -0.4 is 10.6 Å². The molecule has 0 unspecified atom stereocenters. The molecule has 4 heteroatoms. The number of hydrogen-bond donors (Lipinski definition) is 2. The number of pyridine rings is 1. The largest absolute Gasteiger partial charge is 0.354 e. The van der Waals surface area contributed by atoms with Crippen molar-refractivity contribution in [1.82, 2.24) is 10.3 Å². The number of rotatable bonds is 6. The van der Waals surface area contributed by atoms with E-state index in [4.69, 9.17) is 0 Å². The lowest BCUT2D eigenvalue weighted by atomic mass is 10.1. The van der Waals surface area contributed by atoms with Gasteiger partial charge in [0.05, 0.1) is 17.4 Å². The molecular weight excluding hydrogens is 286 g/mol. The van der Waals surface area contributed by atoms with Crippen molar-refractivity contribution in [3.05, 3.63) is 53.3 Å². The van der Waals surface area contributed by atoms with E-state index in [1.165, 1.54) is 5.56 Å². The molecule has 122 valence electrons. The quantitative estimate of drug-likeness (QED) is 0.840. The van der Waals surface area contributed by atoms with Crippen LogP contribution in [0, 0.1) is 19.8 Å². The Balaban J connectivity index is 2.06. The van der Waals surface area contributed by atoms with Crippen LogP contribution in [-0.4, -0.2) is 17.4 Å². The number of carbonyl (C=O) groups excluding carboxylic acids is 1. The summed E-state index contributed by atoms with van der Waals surface area (Å²) in [5.74, 6) is 0.494. The fourth-order valence-corrected chi connectivity index (χ4v) is 2.32. The highest BCUT2D eigenvalue weighted by molar-refractivity contribution is 5.94. The molecule has 2 N–H and O–H groups in total. The van der Waals surface area contributed by atoms with Crippen LogP contribution in [0.1, 0.15) is 41.8 Å². The minimum atomic E-state index is -0.0811. The lowest BCUT2D eigenvalue weighted by molar-refractivity contribution is 0.0951. The molecule has 0 saturated heterocycles. The van der Waals surface area contributed by atoms with Crippen molar-refractivity contribution >= 4 is 17.3 Å². The van der Waals surface area contributed by atoms with Crippen molar-refractivity contribution in [2.75, 3.05) is 11.9 Å². The minimum Gasteiger partial charge on any atom is -0.354 e. The van der Waals surface area contributed by atoms with Gasteiger partial charge in [-0.15, -0.1) is 0 Å². The number of aryl methyl sites for hydroxylation is 2. The fraction of sp³-hybridized carbons (Fsp3) is 0.368. The Hall–Kier alpha value is -2.36. The molecule has 2 aromatic rings. The summed E-state index contributed by atoms with van der Waals surface area (Å²) in [7, 11) is 0. The fourth-order valence-electron chi connectivity index (χ4n) is 2.32. The Morgan fingerprint density at radius 3 is 2.65 bits per heavy atom. The highest BCUT2D eigenvalue weighted by Crippen LogP contribution is 2.21. The highest BCUT2D eigenvalue weighted by atomic mass is 16.1. The Labute approximate surface area is 138 Å². The molecule has 0 radical (unpaired) electrons. The van der Waals surface area contributed by atoms with Crippen LogP contribution in [0.4, 0.5) is 11.4 Å². The van der Waals surface area contributed by atoms with E-state index in [0.717, 1.165) is 23.4 Å². The summed E-state index contributed by atoms with van der Waals surface area (Å²) in [6, 6.07) is 8.06. The lowest BCUT2D eigenvalue weighted by Crippen LogP contribution is -2.25. The number of amides is 1. The van der Waals surface area contributed by atoms with E-state index in [-0.39, 0.29) is 5.91 Å². The van der Waals surface area contributed by atoms with E-state index in [1.54, 1.807) is 12.4 Å². The van der Waals surface area contributed by atoms with Gasteiger partial charge in [0, 0.05) is 18.4 Å². The van der Waals surface area contributed by atoms with Gasteiger partial charge in [-0.1, -0.05) is 31.5 Å². The summed E-state index contributed by atoms with van der Waals surface area (Å²) in [5, 5.41) is 6.26. The van der Waals surface area contributed by atoms with Crippen molar-refractivity contribution in [3.63, 3.8) is 0 Å². The van der Waals surface area contributed by atoms with Gasteiger partial charge in [0.25, 0.3) is 5.91 Å². The van der Waals surface area contributed by atoms with Crippen LogP contribution in [-0.2, 0) is 0 Å². The lowest BCUT2D eigenvalue weighted by Gasteiger charge is -2.11. The Morgan fingerprint density at radius 2 is 1.96 bits per heavy atom. The number of nitrogens with one attached hydrogen (secondary N) is 2. The van der Waals surface area contributed by atoms with Crippen molar-refractivity contribution in [3.8, 4) is 0 Å². The van der Waals surface area contributed by atoms with Gasteiger partial charge in [-0.25, -0.2) is 0 Å². The van der Waals surface area contributed by atoms with Crippen molar-refractivity contribution in [2.45, 2.75) is 34.1 Å². The third-order valence-corrected chi connectivity index (χ3v) is 3.67. The average molecular weight is 311 g/mol. The van der Waals surface area contributed by atoms with Gasteiger partial charge in [-0.3, -0.25) is 9.78 Å². The summed E-state index contributed by atoms with van der Waals surface area (Å²) in [6.45, 7) is 9.10. The second kappa shape index (κ2) is 7.77. The Bertz CT molecular complexity index is 680. The van der Waals surface area contributed by atoms with Gasteiger partial charge in [-0.2, -0.15) is 0 Å². The average Bonchev–Trinajstić information content (AvgIpc) is 2.50. The third-order valence-electron chi connectivity index (χ3n) is 3.67. The number of nitrogens with zero attached hydrogens (tertiary/aromatic N) is 1. The smallest absolute Gasteiger partial charge is 0.252 e. The summed E-state index contributed by atoms with van der Waals surface area (Å²) in [4.78, 5) is 16.3. The zero-order chi connectivity index (χ0) is 16.8. The SMILES string of the molecule is Cc1ccc(Nc2cncc(C(=O)NCCC(C)C)c2)c(C)c1. The molecule has 2 rings (SSSR count). The maximum absolute atomic E-state index is 12.2. The first-order valence-corrected chi connectivity index (χ1v) is 8.03. The molecule has 0 saturated carbocycles. The Morgan fingerprint density at radius 1 is 1.17 bits per heavy atom. The molecule has 23 heavy (non-hydrogen) atoms. The molecule has 1 aromatic carbocycles. The van der Waals surface area contributed by atoms with Gasteiger partial charge < -0.3 is 10.6 Å². The molecule has 0 fully saturated rings. The van der Waals surface area contributed by atoms with E-state index < -0.39 is 0 Å². The van der Waals surface area contributed by atoms with Crippen LogP contribution in [0.25, 0.3) is 0 Å². The number of benzene rings is 1. The van der Waals surface area contributed by atoms with Crippen molar-refractivity contribution in [2.24, 2.45) is 5.92 Å². The second-order valence-corrected chi connectivity index (χ2v) is 6.34. The molecule has 1 amide bonds. The summed E-state index contributed by atoms with van der Waals surface area (Å²) < 4.78 is 0. The van der Waals surface area contributed by atoms with Crippen LogP contribution >= 0.6 is 0 Å². The van der Waals surface area contributed by atoms with Gasteiger partial charge >= 0.3 is 0 Å². The van der Waals surface area contributed by atoms with E-state index in [2.05, 4.69) is 55.4 Å². The minimum absolute atomic E-state index is 0.0811. The second-order valence-electron chi connectivity index (χ2n) is 6.34. The van der Waals surface area contributed by atoms with Crippen LogP contribution in [0.15, 0.2) is 36.7 Å². The first-order valence-electron chi connectivity index (χ1n) is 8.03. The molecule has 0 bridgehead atoms. The van der Waals surface area contributed by atoms with Crippen LogP contribution in [0.3, 0.4) is 0 Å². The zero-order valence-electron chi connectivity index (χ0n) is 14.3. The van der Waals surface area contributed by atoms with Crippen LogP contribution in [0.2, 0.25) is 0 Å². The normalized spacial score (nSPS) is 10.7. The monoisotopic (exact) mass is 311 g/mol. The maximum atomic E-state index is 12.2. The molecule has 4 nitrogen and oxygen atoms in total. The molecular formula is C19H25N3O. The van der Waals surface area contributed by atoms with E-state index in [0.29, 0.717) is 18.0 Å². The molecule has 0 atom stereocenters. The Kier molecular flexibility index (Phi) is 5.74. The first-order chi connectivity index (χ1) is 11.0.